The number of nitro groups is 1. The van der Waals surface area contributed by atoms with E-state index in [-0.39, 0.29) is 22.2 Å². The third kappa shape index (κ3) is 4.41. The molecule has 3 rings (SSSR count). The van der Waals surface area contributed by atoms with Gasteiger partial charge < -0.3 is 14.2 Å². The van der Waals surface area contributed by atoms with Crippen LogP contribution in [0.25, 0.3) is 11.3 Å². The van der Waals surface area contributed by atoms with Gasteiger partial charge in [-0.25, -0.2) is 4.79 Å². The van der Waals surface area contributed by atoms with E-state index in [9.17, 15) is 14.9 Å². The number of carbonyl (C=O) groups excluding carboxylic acids is 1. The van der Waals surface area contributed by atoms with Gasteiger partial charge in [-0.3, -0.25) is 10.1 Å². The van der Waals surface area contributed by atoms with Gasteiger partial charge in [0.25, 0.3) is 5.69 Å². The Kier molecular flexibility index (Phi) is 5.89. The van der Waals surface area contributed by atoms with Crippen molar-refractivity contribution in [1.29, 1.82) is 0 Å². The normalized spacial score (nSPS) is 10.3. The number of halogens is 1. The number of nitrogens with zero attached hydrogens (tertiary/aromatic N) is 3. The van der Waals surface area contributed by atoms with Gasteiger partial charge in [0, 0.05) is 23.8 Å². The second-order valence-corrected chi connectivity index (χ2v) is 6.04. The van der Waals surface area contributed by atoms with Crippen molar-refractivity contribution in [2.24, 2.45) is 0 Å². The molecule has 0 fully saturated rings. The molecule has 1 heterocycles. The van der Waals surface area contributed by atoms with Crippen molar-refractivity contribution in [3.63, 3.8) is 0 Å². The Bertz CT molecular complexity index is 1070. The van der Waals surface area contributed by atoms with Crippen molar-refractivity contribution in [2.45, 2.75) is 0 Å². The number of rotatable bonds is 6. The second kappa shape index (κ2) is 8.53. The van der Waals surface area contributed by atoms with E-state index in [1.165, 1.54) is 32.4 Å². The molecule has 0 aliphatic carbocycles. The average Bonchev–Trinajstić information content (AvgIpc) is 2.73. The van der Waals surface area contributed by atoms with Crippen LogP contribution in [-0.4, -0.2) is 35.3 Å². The van der Waals surface area contributed by atoms with Crippen LogP contribution in [0.5, 0.6) is 17.4 Å². The van der Waals surface area contributed by atoms with E-state index in [2.05, 4.69) is 10.2 Å². The van der Waals surface area contributed by atoms with E-state index in [4.69, 9.17) is 25.8 Å². The van der Waals surface area contributed by atoms with Gasteiger partial charge in [-0.05, 0) is 30.3 Å². The number of hydrogen-bond acceptors (Lipinski definition) is 8. The Hall–Kier alpha value is -3.72. The number of ether oxygens (including phenoxy) is 3. The third-order valence-corrected chi connectivity index (χ3v) is 4.23. The molecule has 0 aliphatic heterocycles. The molecule has 148 valence electrons. The van der Waals surface area contributed by atoms with Crippen LogP contribution in [0.1, 0.15) is 10.4 Å². The molecule has 0 amide bonds. The summed E-state index contributed by atoms with van der Waals surface area (Å²) in [6.45, 7) is 0. The number of benzene rings is 2. The van der Waals surface area contributed by atoms with Crippen molar-refractivity contribution in [1.82, 2.24) is 10.2 Å². The van der Waals surface area contributed by atoms with Crippen LogP contribution >= 0.6 is 11.6 Å². The molecule has 0 N–H and O–H groups in total. The average molecular weight is 416 g/mol. The number of aromatic nitrogens is 2. The van der Waals surface area contributed by atoms with E-state index in [1.807, 2.05) is 0 Å². The van der Waals surface area contributed by atoms with E-state index in [0.717, 1.165) is 11.6 Å². The van der Waals surface area contributed by atoms with Crippen LogP contribution in [-0.2, 0) is 0 Å². The Morgan fingerprint density at radius 2 is 1.76 bits per heavy atom. The highest BCUT2D eigenvalue weighted by atomic mass is 35.5. The fourth-order valence-electron chi connectivity index (χ4n) is 2.46. The zero-order valence-corrected chi connectivity index (χ0v) is 16.0. The quantitative estimate of drug-likeness (QED) is 0.338. The van der Waals surface area contributed by atoms with Crippen LogP contribution in [0.15, 0.2) is 48.5 Å². The Labute approximate surface area is 170 Å². The zero-order chi connectivity index (χ0) is 21.0. The third-order valence-electron chi connectivity index (χ3n) is 3.90. The minimum absolute atomic E-state index is 0.0236. The fourth-order valence-corrected chi connectivity index (χ4v) is 2.65. The van der Waals surface area contributed by atoms with Crippen molar-refractivity contribution >= 4 is 23.3 Å². The second-order valence-electron chi connectivity index (χ2n) is 5.64. The highest BCUT2D eigenvalue weighted by molar-refractivity contribution is 6.33. The van der Waals surface area contributed by atoms with Crippen LogP contribution in [0.4, 0.5) is 5.69 Å². The fraction of sp³-hybridized carbons (Fsp3) is 0.105. The first-order valence-electron chi connectivity index (χ1n) is 8.15. The van der Waals surface area contributed by atoms with E-state index < -0.39 is 10.9 Å². The molecule has 0 saturated carbocycles. The number of carbonyl (C=O) groups is 1. The first kappa shape index (κ1) is 20.0. The van der Waals surface area contributed by atoms with Gasteiger partial charge in [-0.1, -0.05) is 11.6 Å². The lowest BCUT2D eigenvalue weighted by molar-refractivity contribution is -0.384. The molecule has 2 aromatic carbocycles. The van der Waals surface area contributed by atoms with Gasteiger partial charge in [-0.2, -0.15) is 0 Å². The summed E-state index contributed by atoms with van der Waals surface area (Å²) in [5.41, 5.74) is 0.803. The van der Waals surface area contributed by atoms with Gasteiger partial charge in [0.15, 0.2) is 11.5 Å². The van der Waals surface area contributed by atoms with Crippen LogP contribution in [0.3, 0.4) is 0 Å². The first-order valence-corrected chi connectivity index (χ1v) is 8.53. The molecule has 0 unspecified atom stereocenters. The molecule has 0 bridgehead atoms. The maximum Gasteiger partial charge on any atom is 0.346 e. The van der Waals surface area contributed by atoms with Gasteiger partial charge >= 0.3 is 5.97 Å². The molecule has 0 saturated heterocycles. The molecule has 9 nitrogen and oxygen atoms in total. The lowest BCUT2D eigenvalue weighted by Crippen LogP contribution is -2.11. The molecular weight excluding hydrogens is 402 g/mol. The number of methoxy groups -OCH3 is 2. The van der Waals surface area contributed by atoms with E-state index in [0.29, 0.717) is 17.2 Å². The molecule has 0 radical (unpaired) electrons. The molecule has 1 aromatic heterocycles. The van der Waals surface area contributed by atoms with Crippen molar-refractivity contribution in [2.75, 3.05) is 14.2 Å². The Morgan fingerprint density at radius 3 is 2.38 bits per heavy atom. The summed E-state index contributed by atoms with van der Waals surface area (Å²) in [6, 6.07) is 11.8. The maximum absolute atomic E-state index is 12.3. The predicted octanol–water partition coefficient (Wildman–Crippen LogP) is 3.94. The standard InChI is InChI=1S/C19H14ClN3O6/c1-27-16-7-3-11(9-17(16)28-2)15-6-8-18(22-21-15)29-19(24)13-10-12(23(25)26)4-5-14(13)20/h3-10H,1-2H3. The number of esters is 1. The summed E-state index contributed by atoms with van der Waals surface area (Å²) in [6.07, 6.45) is 0. The molecule has 0 atom stereocenters. The molecule has 0 aliphatic rings. The first-order chi connectivity index (χ1) is 13.9. The van der Waals surface area contributed by atoms with Gasteiger partial charge in [0.05, 0.1) is 35.4 Å². The minimum Gasteiger partial charge on any atom is -0.493 e. The number of nitro benzene ring substituents is 1. The Balaban J connectivity index is 1.80. The van der Waals surface area contributed by atoms with Crippen molar-refractivity contribution in [3.8, 4) is 28.6 Å². The molecule has 10 heteroatoms. The largest absolute Gasteiger partial charge is 0.493 e. The lowest BCUT2D eigenvalue weighted by atomic mass is 10.1. The summed E-state index contributed by atoms with van der Waals surface area (Å²) >= 11 is 5.94. The predicted molar refractivity (Wildman–Crippen MR) is 104 cm³/mol. The summed E-state index contributed by atoms with van der Waals surface area (Å²) in [5, 5.41) is 18.8. The molecule has 3 aromatic rings. The number of non-ortho nitro benzene ring substituents is 1. The van der Waals surface area contributed by atoms with Gasteiger partial charge in [0.1, 0.15) is 0 Å². The lowest BCUT2D eigenvalue weighted by Gasteiger charge is -2.09. The van der Waals surface area contributed by atoms with E-state index >= 15 is 0 Å². The summed E-state index contributed by atoms with van der Waals surface area (Å²) in [5.74, 6) is 0.139. The van der Waals surface area contributed by atoms with Crippen molar-refractivity contribution < 1.29 is 23.9 Å². The molecule has 0 spiro atoms. The highest BCUT2D eigenvalue weighted by Gasteiger charge is 2.18. The van der Waals surface area contributed by atoms with Crippen LogP contribution in [0, 0.1) is 10.1 Å². The van der Waals surface area contributed by atoms with E-state index in [1.54, 1.807) is 24.3 Å². The van der Waals surface area contributed by atoms with Crippen LogP contribution in [0.2, 0.25) is 5.02 Å². The van der Waals surface area contributed by atoms with Gasteiger partial charge in [-0.15, -0.1) is 10.2 Å². The zero-order valence-electron chi connectivity index (χ0n) is 15.3. The smallest absolute Gasteiger partial charge is 0.346 e. The monoisotopic (exact) mass is 415 g/mol. The summed E-state index contributed by atoms with van der Waals surface area (Å²) in [4.78, 5) is 22.5. The van der Waals surface area contributed by atoms with Crippen LogP contribution < -0.4 is 14.2 Å². The summed E-state index contributed by atoms with van der Waals surface area (Å²) in [7, 11) is 3.06. The Morgan fingerprint density at radius 1 is 1.00 bits per heavy atom. The molecule has 29 heavy (non-hydrogen) atoms. The van der Waals surface area contributed by atoms with Crippen molar-refractivity contribution in [3.05, 3.63) is 69.2 Å². The number of hydrogen-bond donors (Lipinski definition) is 0. The topological polar surface area (TPSA) is 114 Å². The highest BCUT2D eigenvalue weighted by Crippen LogP contribution is 2.31. The molecular formula is C19H14ClN3O6. The summed E-state index contributed by atoms with van der Waals surface area (Å²) < 4.78 is 15.6. The SMILES string of the molecule is COc1ccc(-c2ccc(OC(=O)c3cc([N+](=O)[O-])ccc3Cl)nn2)cc1OC. The maximum atomic E-state index is 12.3. The van der Waals surface area contributed by atoms with Gasteiger partial charge in [0.2, 0.25) is 5.88 Å². The minimum atomic E-state index is -0.883.